The van der Waals surface area contributed by atoms with Crippen LogP contribution in [0.15, 0.2) is 42.0 Å². The van der Waals surface area contributed by atoms with Crippen molar-refractivity contribution in [1.29, 1.82) is 0 Å². The van der Waals surface area contributed by atoms with E-state index in [1.54, 1.807) is 29.2 Å². The van der Waals surface area contributed by atoms with Gasteiger partial charge in [0.15, 0.2) is 11.5 Å². The zero-order valence-corrected chi connectivity index (χ0v) is 31.4. The Bertz CT molecular complexity index is 1410. The summed E-state index contributed by atoms with van der Waals surface area (Å²) in [5.74, 6) is -0.0491. The Morgan fingerprint density at radius 1 is 1.06 bits per heavy atom. The molecule has 3 N–H and O–H groups in total. The third kappa shape index (κ3) is 11.9. The fourth-order valence-corrected chi connectivity index (χ4v) is 7.01. The van der Waals surface area contributed by atoms with Crippen LogP contribution < -0.4 is 14.8 Å². The van der Waals surface area contributed by atoms with Gasteiger partial charge in [0.25, 0.3) is 0 Å². The minimum atomic E-state index is -1.25. The van der Waals surface area contributed by atoms with Crippen LogP contribution in [0, 0.1) is 3.57 Å². The fourth-order valence-electron chi connectivity index (χ4n) is 5.79. The van der Waals surface area contributed by atoms with Gasteiger partial charge in [0.1, 0.15) is 18.5 Å². The molecule has 9 nitrogen and oxygen atoms in total. The molecule has 0 aliphatic heterocycles. The van der Waals surface area contributed by atoms with Crippen molar-refractivity contribution < 1.29 is 34.1 Å². The van der Waals surface area contributed by atoms with Crippen LogP contribution in [0.25, 0.3) is 0 Å². The van der Waals surface area contributed by atoms with Crippen LogP contribution in [0.4, 0.5) is 0 Å². The Balaban J connectivity index is 1.91. The van der Waals surface area contributed by atoms with Gasteiger partial charge in [-0.1, -0.05) is 87.6 Å². The summed E-state index contributed by atoms with van der Waals surface area (Å²) < 4.78 is 12.4. The highest BCUT2D eigenvalue weighted by Crippen LogP contribution is 2.37. The first-order valence-electron chi connectivity index (χ1n) is 16.6. The molecule has 2 aromatic rings. The van der Waals surface area contributed by atoms with Crippen LogP contribution in [0.3, 0.4) is 0 Å². The summed E-state index contributed by atoms with van der Waals surface area (Å²) in [6, 6.07) is 7.35. The van der Waals surface area contributed by atoms with E-state index in [9.17, 15) is 24.6 Å². The molecule has 0 radical (unpaired) electrons. The van der Waals surface area contributed by atoms with Crippen molar-refractivity contribution in [1.82, 2.24) is 10.2 Å². The molecule has 2 aromatic carbocycles. The summed E-state index contributed by atoms with van der Waals surface area (Å²) in [6.45, 7) is 2.08. The number of amides is 2. The van der Waals surface area contributed by atoms with Gasteiger partial charge in [-0.05, 0) is 64.9 Å². The lowest BCUT2D eigenvalue weighted by molar-refractivity contribution is -0.139. The number of aldehydes is 1. The summed E-state index contributed by atoms with van der Waals surface area (Å²) >= 11 is 14.7. The molecule has 0 aromatic heterocycles. The number of nitrogens with one attached hydrogen (secondary N) is 1. The van der Waals surface area contributed by atoms with Crippen LogP contribution in [-0.2, 0) is 16.1 Å². The van der Waals surface area contributed by atoms with Gasteiger partial charge < -0.3 is 29.9 Å². The zero-order chi connectivity index (χ0) is 35.1. The first kappa shape index (κ1) is 40.1. The van der Waals surface area contributed by atoms with Crippen molar-refractivity contribution in [3.63, 3.8) is 0 Å². The lowest BCUT2D eigenvalue weighted by atomic mass is 9.87. The number of rotatable bonds is 20. The first-order chi connectivity index (χ1) is 23.1. The molecular formula is C36H47Cl2IN2O7. The van der Waals surface area contributed by atoms with E-state index in [0.29, 0.717) is 43.0 Å². The molecule has 264 valence electrons. The van der Waals surface area contributed by atoms with E-state index >= 15 is 0 Å². The molecule has 0 saturated carbocycles. The molecule has 0 heterocycles. The van der Waals surface area contributed by atoms with Crippen LogP contribution >= 0.6 is 45.8 Å². The number of nitrogens with zero attached hydrogens (tertiary/aromatic N) is 1. The molecule has 0 saturated heterocycles. The number of ether oxygens (including phenoxy) is 2. The average Bonchev–Trinajstić information content (AvgIpc) is 3.07. The number of methoxy groups -OCH3 is 1. The van der Waals surface area contributed by atoms with Crippen molar-refractivity contribution in [2.45, 2.75) is 102 Å². The molecule has 1 aliphatic carbocycles. The molecule has 12 heteroatoms. The Labute approximate surface area is 307 Å². The lowest BCUT2D eigenvalue weighted by Gasteiger charge is -2.41. The van der Waals surface area contributed by atoms with Crippen molar-refractivity contribution in [2.75, 3.05) is 20.3 Å². The van der Waals surface area contributed by atoms with Crippen LogP contribution in [-0.4, -0.2) is 71.7 Å². The summed E-state index contributed by atoms with van der Waals surface area (Å²) in [6.07, 6.45) is 10.2. The third-order valence-electron chi connectivity index (χ3n) is 8.43. The summed E-state index contributed by atoms with van der Waals surface area (Å²) in [4.78, 5) is 40.3. The lowest BCUT2D eigenvalue weighted by Crippen LogP contribution is -2.54. The fraction of sp³-hybridized carbons (Fsp3) is 0.528. The van der Waals surface area contributed by atoms with Gasteiger partial charge in [-0.15, -0.1) is 0 Å². The minimum Gasteiger partial charge on any atom is -0.493 e. The van der Waals surface area contributed by atoms with Crippen LogP contribution in [0.5, 0.6) is 11.5 Å². The molecule has 0 spiro atoms. The Morgan fingerprint density at radius 3 is 2.38 bits per heavy atom. The van der Waals surface area contributed by atoms with Crippen molar-refractivity contribution >= 4 is 63.9 Å². The van der Waals surface area contributed by atoms with Crippen molar-refractivity contribution in [2.24, 2.45) is 0 Å². The topological polar surface area (TPSA) is 125 Å². The van der Waals surface area contributed by atoms with E-state index in [1.807, 2.05) is 22.6 Å². The standard InChI is InChI=1S/C36H47Cl2IN2O7/c1-3-4-5-6-7-8-9-10-11-12-33(44)41(22-25-13-14-27(37)21-28(25)38)30-19-26(36(46)40-15-16-42)20-31(34(30)45)48-35-29(39)17-24(23-43)18-32(35)47-2/h13-14,17-18,20-21,23,30-31,34,42,45H,3-12,15-16,19,22H2,1-2H3,(H,40,46)/t30-,31+,34+/m1/s1. The number of hydrogen-bond acceptors (Lipinski definition) is 7. The van der Waals surface area contributed by atoms with Crippen LogP contribution in [0.1, 0.15) is 93.5 Å². The summed E-state index contributed by atoms with van der Waals surface area (Å²) in [5.41, 5.74) is 1.33. The monoisotopic (exact) mass is 816 g/mol. The highest BCUT2D eigenvalue weighted by molar-refractivity contribution is 14.1. The number of halogens is 3. The molecule has 48 heavy (non-hydrogen) atoms. The Morgan fingerprint density at radius 2 is 1.75 bits per heavy atom. The molecule has 0 fully saturated rings. The van der Waals surface area contributed by atoms with Gasteiger partial charge in [0.2, 0.25) is 11.8 Å². The molecule has 1 aliphatic rings. The van der Waals surface area contributed by atoms with Crippen molar-refractivity contribution in [3.05, 3.63) is 66.7 Å². The predicted octanol–water partition coefficient (Wildman–Crippen LogP) is 7.28. The Hall–Kier alpha value is -2.38. The number of hydrogen-bond donors (Lipinski definition) is 3. The van der Waals surface area contributed by atoms with E-state index in [2.05, 4.69) is 12.2 Å². The number of aliphatic hydroxyl groups excluding tert-OH is 2. The van der Waals surface area contributed by atoms with E-state index in [4.69, 9.17) is 32.7 Å². The average molecular weight is 818 g/mol. The highest BCUT2D eigenvalue weighted by atomic mass is 127. The number of benzene rings is 2. The SMILES string of the molecule is CCCCCCCCCCCC(=O)N(Cc1ccc(Cl)cc1Cl)[C@@H]1CC(C(=O)NCCO)=C[C@H](Oc2c(I)cc(C=O)cc2OC)[C@H]1O. The summed E-state index contributed by atoms with van der Waals surface area (Å²) in [5, 5.41) is 24.7. The van der Waals surface area contributed by atoms with Gasteiger partial charge in [-0.25, -0.2) is 0 Å². The first-order valence-corrected chi connectivity index (χ1v) is 18.5. The van der Waals surface area contributed by atoms with E-state index < -0.39 is 24.2 Å². The minimum absolute atomic E-state index is 0.0371. The number of aliphatic hydroxyl groups is 2. The predicted molar refractivity (Wildman–Crippen MR) is 197 cm³/mol. The van der Waals surface area contributed by atoms with E-state index in [0.717, 1.165) is 19.3 Å². The largest absolute Gasteiger partial charge is 0.493 e. The normalized spacial score (nSPS) is 17.4. The van der Waals surface area contributed by atoms with Crippen molar-refractivity contribution in [3.8, 4) is 11.5 Å². The second kappa shape index (κ2) is 21.0. The highest BCUT2D eigenvalue weighted by Gasteiger charge is 2.41. The second-order valence-corrected chi connectivity index (χ2v) is 14.0. The maximum absolute atomic E-state index is 14.0. The smallest absolute Gasteiger partial charge is 0.247 e. The molecule has 0 unspecified atom stereocenters. The molecular weight excluding hydrogens is 770 g/mol. The van der Waals surface area contributed by atoms with E-state index in [-0.39, 0.29) is 49.9 Å². The van der Waals surface area contributed by atoms with Gasteiger partial charge in [0, 0.05) is 47.1 Å². The molecule has 0 bridgehead atoms. The third-order valence-corrected chi connectivity index (χ3v) is 9.82. The van der Waals surface area contributed by atoms with Crippen LogP contribution in [0.2, 0.25) is 10.0 Å². The van der Waals surface area contributed by atoms with Gasteiger partial charge in [-0.3, -0.25) is 14.4 Å². The maximum Gasteiger partial charge on any atom is 0.247 e. The molecule has 3 rings (SSSR count). The second-order valence-electron chi connectivity index (χ2n) is 12.0. The quantitative estimate of drug-likeness (QED) is 0.0729. The van der Waals surface area contributed by atoms with E-state index in [1.165, 1.54) is 51.4 Å². The number of unbranched alkanes of at least 4 members (excludes halogenated alkanes) is 8. The maximum atomic E-state index is 14.0. The summed E-state index contributed by atoms with van der Waals surface area (Å²) in [7, 11) is 1.44. The zero-order valence-electron chi connectivity index (χ0n) is 27.7. The van der Waals surface area contributed by atoms with Gasteiger partial charge in [0.05, 0.1) is 23.3 Å². The molecule has 2 amide bonds. The van der Waals surface area contributed by atoms with Gasteiger partial charge >= 0.3 is 0 Å². The Kier molecular flexibility index (Phi) is 17.5. The van der Waals surface area contributed by atoms with Gasteiger partial charge in [-0.2, -0.15) is 0 Å². The number of carbonyl (C=O) groups excluding carboxylic acids is 3. The number of carbonyl (C=O) groups is 3. The molecule has 3 atom stereocenters.